The number of hydrogen-bond acceptors (Lipinski definition) is 4. The third-order valence-electron chi connectivity index (χ3n) is 3.60. The highest BCUT2D eigenvalue weighted by atomic mass is 16.5. The van der Waals surface area contributed by atoms with Gasteiger partial charge in [-0.25, -0.2) is 0 Å². The molecule has 0 aromatic rings. The Kier molecular flexibility index (Phi) is 13.9. The number of ether oxygens (including phenoxy) is 1. The van der Waals surface area contributed by atoms with Crippen LogP contribution in [0.3, 0.4) is 0 Å². The Morgan fingerprint density at radius 2 is 1.62 bits per heavy atom. The van der Waals surface area contributed by atoms with Crippen LogP contribution in [0.1, 0.15) is 66.2 Å². The summed E-state index contributed by atoms with van der Waals surface area (Å²) in [6.07, 6.45) is 6.78. The molecule has 0 fully saturated rings. The molecule has 4 heteroatoms. The van der Waals surface area contributed by atoms with Gasteiger partial charge >= 0.3 is 5.97 Å². The molecule has 0 amide bonds. The van der Waals surface area contributed by atoms with Gasteiger partial charge in [0.25, 0.3) is 0 Å². The van der Waals surface area contributed by atoms with Gasteiger partial charge in [0.1, 0.15) is 6.04 Å². The molecule has 21 heavy (non-hydrogen) atoms. The summed E-state index contributed by atoms with van der Waals surface area (Å²) in [6, 6.07) is -0.157. The molecular formula is C17H36N2O2. The van der Waals surface area contributed by atoms with Gasteiger partial charge in [0, 0.05) is 6.54 Å². The predicted octanol–water partition coefficient (Wildman–Crippen LogP) is 3.21. The van der Waals surface area contributed by atoms with Crippen molar-refractivity contribution in [2.75, 3.05) is 32.8 Å². The second-order valence-electron chi connectivity index (χ2n) is 5.60. The van der Waals surface area contributed by atoms with Crippen LogP contribution in [-0.4, -0.2) is 49.7 Å². The molecule has 0 rings (SSSR count). The van der Waals surface area contributed by atoms with E-state index in [-0.39, 0.29) is 12.0 Å². The summed E-state index contributed by atoms with van der Waals surface area (Å²) < 4.78 is 5.18. The van der Waals surface area contributed by atoms with E-state index in [0.717, 1.165) is 39.0 Å². The summed E-state index contributed by atoms with van der Waals surface area (Å²) >= 11 is 0. The summed E-state index contributed by atoms with van der Waals surface area (Å²) in [5.41, 5.74) is 0. The van der Waals surface area contributed by atoms with Crippen molar-refractivity contribution in [1.82, 2.24) is 10.2 Å². The third-order valence-corrected chi connectivity index (χ3v) is 3.60. The highest BCUT2D eigenvalue weighted by Gasteiger charge is 2.19. The van der Waals surface area contributed by atoms with Crippen LogP contribution < -0.4 is 5.32 Å². The third kappa shape index (κ3) is 10.7. The van der Waals surface area contributed by atoms with Gasteiger partial charge in [-0.1, -0.05) is 33.6 Å². The van der Waals surface area contributed by atoms with Crippen molar-refractivity contribution in [2.24, 2.45) is 0 Å². The zero-order valence-electron chi connectivity index (χ0n) is 14.6. The smallest absolute Gasteiger partial charge is 0.323 e. The maximum atomic E-state index is 12.0. The molecule has 4 nitrogen and oxygen atoms in total. The first-order chi connectivity index (χ1) is 10.2. The van der Waals surface area contributed by atoms with Crippen molar-refractivity contribution in [3.63, 3.8) is 0 Å². The van der Waals surface area contributed by atoms with Crippen molar-refractivity contribution < 1.29 is 9.53 Å². The first-order valence-electron chi connectivity index (χ1n) is 8.81. The second-order valence-corrected chi connectivity index (χ2v) is 5.60. The fraction of sp³-hybridized carbons (Fsp3) is 0.941. The Balaban J connectivity index is 4.31. The molecule has 0 bridgehead atoms. The fourth-order valence-corrected chi connectivity index (χ4v) is 2.28. The number of nitrogens with zero attached hydrogens (tertiary/aromatic N) is 1. The highest BCUT2D eigenvalue weighted by Crippen LogP contribution is 2.04. The van der Waals surface area contributed by atoms with E-state index in [1.54, 1.807) is 0 Å². The first kappa shape index (κ1) is 20.4. The van der Waals surface area contributed by atoms with Crippen LogP contribution in [0.5, 0.6) is 0 Å². The molecule has 0 saturated carbocycles. The number of nitrogens with one attached hydrogen (secondary N) is 1. The lowest BCUT2D eigenvalue weighted by Crippen LogP contribution is -2.41. The van der Waals surface area contributed by atoms with Crippen molar-refractivity contribution in [3.8, 4) is 0 Å². The summed E-state index contributed by atoms with van der Waals surface area (Å²) in [5, 5.41) is 3.32. The molecule has 0 aliphatic carbocycles. The Bertz CT molecular complexity index is 239. The molecule has 1 N–H and O–H groups in total. The molecule has 0 saturated heterocycles. The van der Waals surface area contributed by atoms with Gasteiger partial charge in [-0.3, -0.25) is 4.79 Å². The van der Waals surface area contributed by atoms with Gasteiger partial charge < -0.3 is 15.0 Å². The molecule has 0 aromatic heterocycles. The standard InChI is InChI=1S/C17H36N2O2/c1-5-9-13-19(14-10-6-2)15-11-16(18-12-7-3)17(20)21-8-4/h16,18H,5-15H2,1-4H3. The summed E-state index contributed by atoms with van der Waals surface area (Å²) in [5.74, 6) is -0.100. The normalized spacial score (nSPS) is 12.6. The van der Waals surface area contributed by atoms with Crippen molar-refractivity contribution in [3.05, 3.63) is 0 Å². The summed E-state index contributed by atoms with van der Waals surface area (Å²) in [4.78, 5) is 14.5. The Morgan fingerprint density at radius 1 is 1.00 bits per heavy atom. The topological polar surface area (TPSA) is 41.6 Å². The van der Waals surface area contributed by atoms with Gasteiger partial charge in [0.15, 0.2) is 0 Å². The molecule has 1 atom stereocenters. The number of carbonyl (C=O) groups is 1. The van der Waals surface area contributed by atoms with Crippen molar-refractivity contribution >= 4 is 5.97 Å². The van der Waals surface area contributed by atoms with E-state index in [1.807, 2.05) is 6.92 Å². The summed E-state index contributed by atoms with van der Waals surface area (Å²) in [6.45, 7) is 13.0. The van der Waals surface area contributed by atoms with Crippen LogP contribution >= 0.6 is 0 Å². The van der Waals surface area contributed by atoms with Crippen LogP contribution in [-0.2, 0) is 9.53 Å². The molecule has 1 unspecified atom stereocenters. The van der Waals surface area contributed by atoms with E-state index in [1.165, 1.54) is 25.7 Å². The molecule has 126 valence electrons. The first-order valence-corrected chi connectivity index (χ1v) is 8.81. The predicted molar refractivity (Wildman–Crippen MR) is 89.6 cm³/mol. The largest absolute Gasteiger partial charge is 0.465 e. The Labute approximate surface area is 131 Å². The van der Waals surface area contributed by atoms with Crippen molar-refractivity contribution in [2.45, 2.75) is 72.3 Å². The molecular weight excluding hydrogens is 264 g/mol. The van der Waals surface area contributed by atoms with Crippen LogP contribution in [0.15, 0.2) is 0 Å². The van der Waals surface area contributed by atoms with E-state index in [4.69, 9.17) is 4.74 Å². The van der Waals surface area contributed by atoms with Gasteiger partial charge in [-0.15, -0.1) is 0 Å². The number of hydrogen-bond donors (Lipinski definition) is 1. The van der Waals surface area contributed by atoms with Gasteiger partial charge in [0.05, 0.1) is 6.61 Å². The monoisotopic (exact) mass is 300 g/mol. The zero-order valence-corrected chi connectivity index (χ0v) is 14.6. The van der Waals surface area contributed by atoms with E-state index < -0.39 is 0 Å². The Morgan fingerprint density at radius 3 is 2.10 bits per heavy atom. The van der Waals surface area contributed by atoms with Crippen molar-refractivity contribution in [1.29, 1.82) is 0 Å². The lowest BCUT2D eigenvalue weighted by molar-refractivity contribution is -0.145. The molecule has 0 aliphatic heterocycles. The van der Waals surface area contributed by atoms with E-state index >= 15 is 0 Å². The van der Waals surface area contributed by atoms with Crippen LogP contribution in [0.4, 0.5) is 0 Å². The lowest BCUT2D eigenvalue weighted by atomic mass is 10.1. The maximum absolute atomic E-state index is 12.0. The average Bonchev–Trinajstić information content (AvgIpc) is 2.49. The number of unbranched alkanes of at least 4 members (excludes halogenated alkanes) is 2. The van der Waals surface area contributed by atoms with E-state index in [2.05, 4.69) is 31.0 Å². The second kappa shape index (κ2) is 14.3. The number of carbonyl (C=O) groups excluding carboxylic acids is 1. The lowest BCUT2D eigenvalue weighted by Gasteiger charge is -2.24. The number of esters is 1. The SMILES string of the molecule is CCCCN(CCCC)CCC(NCCC)C(=O)OCC. The molecule has 0 aliphatic rings. The van der Waals surface area contributed by atoms with E-state index in [0.29, 0.717) is 6.61 Å². The van der Waals surface area contributed by atoms with Gasteiger partial charge in [-0.05, 0) is 52.2 Å². The minimum absolute atomic E-state index is 0.100. The van der Waals surface area contributed by atoms with Gasteiger partial charge in [-0.2, -0.15) is 0 Å². The molecule has 0 heterocycles. The molecule has 0 radical (unpaired) electrons. The maximum Gasteiger partial charge on any atom is 0.323 e. The minimum Gasteiger partial charge on any atom is -0.465 e. The van der Waals surface area contributed by atoms with Gasteiger partial charge in [0.2, 0.25) is 0 Å². The van der Waals surface area contributed by atoms with Crippen LogP contribution in [0.25, 0.3) is 0 Å². The quantitative estimate of drug-likeness (QED) is 0.500. The average molecular weight is 300 g/mol. The Hall–Kier alpha value is -0.610. The highest BCUT2D eigenvalue weighted by molar-refractivity contribution is 5.75. The number of rotatable bonds is 14. The van der Waals surface area contributed by atoms with Crippen LogP contribution in [0, 0.1) is 0 Å². The summed E-state index contributed by atoms with van der Waals surface area (Å²) in [7, 11) is 0. The molecule has 0 aromatic carbocycles. The van der Waals surface area contributed by atoms with E-state index in [9.17, 15) is 4.79 Å². The minimum atomic E-state index is -0.157. The zero-order chi connectivity index (χ0) is 15.9. The van der Waals surface area contributed by atoms with Crippen LogP contribution in [0.2, 0.25) is 0 Å². The fourth-order valence-electron chi connectivity index (χ4n) is 2.28. The molecule has 0 spiro atoms.